The summed E-state index contributed by atoms with van der Waals surface area (Å²) in [6, 6.07) is 21.4. The monoisotopic (exact) mass is 472 g/mol. The van der Waals surface area contributed by atoms with E-state index in [2.05, 4.69) is 21.9 Å². The van der Waals surface area contributed by atoms with Crippen LogP contribution >= 0.6 is 23.4 Å². The fourth-order valence-corrected chi connectivity index (χ4v) is 5.40. The number of piperazine rings is 1. The van der Waals surface area contributed by atoms with E-state index in [4.69, 9.17) is 11.6 Å². The first-order chi connectivity index (χ1) is 15.6. The molecule has 0 spiro atoms. The number of benzene rings is 3. The minimum Gasteiger partial charge on any atom is -0.300 e. The maximum atomic E-state index is 13.4. The van der Waals surface area contributed by atoms with E-state index < -0.39 is 0 Å². The molecule has 0 N–H and O–H groups in total. The highest BCUT2D eigenvalue weighted by Crippen LogP contribution is 2.35. The summed E-state index contributed by atoms with van der Waals surface area (Å²) in [7, 11) is 0. The smallest absolute Gasteiger partial charge is 0.123 e. The topological polar surface area (TPSA) is 6.48 Å². The number of hydrogen-bond acceptors (Lipinski definition) is 3. The van der Waals surface area contributed by atoms with Crippen LogP contribution in [0.25, 0.3) is 0 Å². The Morgan fingerprint density at radius 1 is 0.719 bits per heavy atom. The van der Waals surface area contributed by atoms with Crippen molar-refractivity contribution in [2.45, 2.75) is 11.8 Å². The molecule has 1 saturated heterocycles. The normalized spacial score (nSPS) is 15.4. The Balaban J connectivity index is 1.29. The molecule has 0 radical (unpaired) electrons. The van der Waals surface area contributed by atoms with Crippen LogP contribution in [-0.2, 0) is 6.54 Å². The van der Waals surface area contributed by atoms with Gasteiger partial charge in [-0.05, 0) is 53.1 Å². The molecule has 0 aliphatic carbocycles. The molecule has 3 aromatic carbocycles. The predicted octanol–water partition coefficient (Wildman–Crippen LogP) is 6.26. The largest absolute Gasteiger partial charge is 0.300 e. The molecule has 6 heteroatoms. The third-order valence-corrected chi connectivity index (χ3v) is 7.37. The van der Waals surface area contributed by atoms with Crippen LogP contribution in [0.4, 0.5) is 8.78 Å². The molecule has 1 fully saturated rings. The van der Waals surface area contributed by atoms with E-state index in [-0.39, 0.29) is 16.9 Å². The van der Waals surface area contributed by atoms with Gasteiger partial charge in [-0.1, -0.05) is 48.0 Å². The van der Waals surface area contributed by atoms with Gasteiger partial charge in [-0.2, -0.15) is 0 Å². The first kappa shape index (κ1) is 23.2. The molecule has 0 amide bonds. The van der Waals surface area contributed by atoms with E-state index in [1.54, 1.807) is 0 Å². The quantitative estimate of drug-likeness (QED) is 0.382. The van der Waals surface area contributed by atoms with E-state index in [0.29, 0.717) is 0 Å². The lowest BCUT2D eigenvalue weighted by Gasteiger charge is -2.35. The van der Waals surface area contributed by atoms with Crippen LogP contribution in [0, 0.1) is 11.6 Å². The van der Waals surface area contributed by atoms with Crippen molar-refractivity contribution in [2.75, 3.05) is 38.5 Å². The molecule has 1 aliphatic heterocycles. The average Bonchev–Trinajstić information content (AvgIpc) is 2.81. The van der Waals surface area contributed by atoms with Gasteiger partial charge in [0.25, 0.3) is 0 Å². The maximum Gasteiger partial charge on any atom is 0.123 e. The summed E-state index contributed by atoms with van der Waals surface area (Å²) in [5.74, 6) is 0.470. The SMILES string of the molecule is Fc1ccc(C(SCCN2CCN(Cc3ccc(Cl)cc3)CC2)c2ccc(F)cc2)cc1. The van der Waals surface area contributed by atoms with Gasteiger partial charge in [0.2, 0.25) is 0 Å². The Kier molecular flexibility index (Phi) is 8.20. The molecule has 4 rings (SSSR count). The van der Waals surface area contributed by atoms with Crippen molar-refractivity contribution in [3.63, 3.8) is 0 Å². The molecule has 2 nitrogen and oxygen atoms in total. The highest BCUT2D eigenvalue weighted by atomic mass is 35.5. The lowest BCUT2D eigenvalue weighted by atomic mass is 10.0. The number of halogens is 3. The Labute approximate surface area is 198 Å². The summed E-state index contributed by atoms with van der Waals surface area (Å²) >= 11 is 7.81. The molecule has 168 valence electrons. The van der Waals surface area contributed by atoms with Crippen LogP contribution in [0.1, 0.15) is 21.9 Å². The van der Waals surface area contributed by atoms with Gasteiger partial charge in [0.15, 0.2) is 0 Å². The number of thioether (sulfide) groups is 1. The van der Waals surface area contributed by atoms with Crippen LogP contribution in [0.2, 0.25) is 5.02 Å². The Morgan fingerprint density at radius 3 is 1.75 bits per heavy atom. The number of rotatable bonds is 8. The van der Waals surface area contributed by atoms with Gasteiger partial charge < -0.3 is 0 Å². The zero-order valence-corrected chi connectivity index (χ0v) is 19.5. The Bertz CT molecular complexity index is 927. The molecule has 0 aromatic heterocycles. The van der Waals surface area contributed by atoms with Crippen molar-refractivity contribution >= 4 is 23.4 Å². The van der Waals surface area contributed by atoms with Gasteiger partial charge >= 0.3 is 0 Å². The second kappa shape index (κ2) is 11.3. The van der Waals surface area contributed by atoms with Crippen molar-refractivity contribution in [1.29, 1.82) is 0 Å². The number of hydrogen-bond donors (Lipinski definition) is 0. The van der Waals surface area contributed by atoms with Crippen molar-refractivity contribution in [1.82, 2.24) is 9.80 Å². The summed E-state index contributed by atoms with van der Waals surface area (Å²) in [6.07, 6.45) is 0. The van der Waals surface area contributed by atoms with Crippen molar-refractivity contribution in [3.05, 3.63) is 106 Å². The van der Waals surface area contributed by atoms with Crippen molar-refractivity contribution in [3.8, 4) is 0 Å². The molecular formula is C26H27ClF2N2S. The molecular weight excluding hydrogens is 446 g/mol. The van der Waals surface area contributed by atoms with Gasteiger partial charge in [0.05, 0.1) is 5.25 Å². The first-order valence-electron chi connectivity index (χ1n) is 10.9. The van der Waals surface area contributed by atoms with Gasteiger partial charge in [-0.3, -0.25) is 9.80 Å². The van der Waals surface area contributed by atoms with Crippen molar-refractivity contribution in [2.24, 2.45) is 0 Å². The third kappa shape index (κ3) is 6.55. The molecule has 0 bridgehead atoms. The second-order valence-electron chi connectivity index (χ2n) is 8.10. The highest BCUT2D eigenvalue weighted by Gasteiger charge is 2.19. The van der Waals surface area contributed by atoms with Gasteiger partial charge in [-0.25, -0.2) is 8.78 Å². The molecule has 32 heavy (non-hydrogen) atoms. The summed E-state index contributed by atoms with van der Waals surface area (Å²) in [4.78, 5) is 4.98. The van der Waals surface area contributed by atoms with Crippen molar-refractivity contribution < 1.29 is 8.78 Å². The molecule has 3 aromatic rings. The predicted molar refractivity (Wildman–Crippen MR) is 130 cm³/mol. The fraction of sp³-hybridized carbons (Fsp3) is 0.308. The van der Waals surface area contributed by atoms with E-state index in [1.807, 2.05) is 48.2 Å². The summed E-state index contributed by atoms with van der Waals surface area (Å²) in [6.45, 7) is 6.15. The van der Waals surface area contributed by atoms with E-state index in [1.165, 1.54) is 29.8 Å². The number of nitrogens with zero attached hydrogens (tertiary/aromatic N) is 2. The Hall–Kier alpha value is -1.92. The minimum atomic E-state index is -0.243. The third-order valence-electron chi connectivity index (χ3n) is 5.82. The van der Waals surface area contributed by atoms with Crippen LogP contribution in [0.15, 0.2) is 72.8 Å². The highest BCUT2D eigenvalue weighted by molar-refractivity contribution is 7.99. The standard InChI is InChI=1S/C26H27ClF2N2S/c27-23-7-1-20(2-8-23)19-31-15-13-30(14-16-31)17-18-32-26(21-3-9-24(28)10-4-21)22-5-11-25(29)12-6-22/h1-12,26H,13-19H2. The second-order valence-corrected chi connectivity index (χ2v) is 9.75. The van der Waals surface area contributed by atoms with E-state index in [9.17, 15) is 8.78 Å². The van der Waals surface area contributed by atoms with Crippen LogP contribution < -0.4 is 0 Å². The zero-order valence-electron chi connectivity index (χ0n) is 17.9. The van der Waals surface area contributed by atoms with E-state index >= 15 is 0 Å². The maximum absolute atomic E-state index is 13.4. The lowest BCUT2D eigenvalue weighted by Crippen LogP contribution is -2.46. The van der Waals surface area contributed by atoms with Gasteiger partial charge in [0.1, 0.15) is 11.6 Å². The molecule has 0 atom stereocenters. The van der Waals surface area contributed by atoms with E-state index in [0.717, 1.165) is 61.2 Å². The summed E-state index contributed by atoms with van der Waals surface area (Å²) in [5, 5.41) is 0.832. The van der Waals surface area contributed by atoms with Crippen LogP contribution in [0.3, 0.4) is 0 Å². The summed E-state index contributed by atoms with van der Waals surface area (Å²) in [5.41, 5.74) is 3.37. The molecule has 1 heterocycles. The van der Waals surface area contributed by atoms with Gasteiger partial charge in [-0.15, -0.1) is 11.8 Å². The minimum absolute atomic E-state index is 0.0578. The zero-order chi connectivity index (χ0) is 22.3. The van der Waals surface area contributed by atoms with Crippen LogP contribution in [-0.4, -0.2) is 48.3 Å². The van der Waals surface area contributed by atoms with Crippen LogP contribution in [0.5, 0.6) is 0 Å². The molecule has 0 saturated carbocycles. The molecule has 1 aliphatic rings. The lowest BCUT2D eigenvalue weighted by molar-refractivity contribution is 0.133. The average molecular weight is 473 g/mol. The summed E-state index contributed by atoms with van der Waals surface area (Å²) < 4.78 is 26.8. The van der Waals surface area contributed by atoms with Gasteiger partial charge in [0, 0.05) is 50.0 Å². The fourth-order valence-electron chi connectivity index (χ4n) is 3.98. The molecule has 0 unspecified atom stereocenters. The first-order valence-corrected chi connectivity index (χ1v) is 12.3. The Morgan fingerprint density at radius 2 is 1.22 bits per heavy atom.